The second kappa shape index (κ2) is 5.48. The largest absolute Gasteiger partial charge is 0.323 e. The van der Waals surface area contributed by atoms with Crippen molar-refractivity contribution in [3.05, 3.63) is 40.6 Å². The maximum Gasteiger partial charge on any atom is 0.207 e. The fraction of sp³-hybridized carbons (Fsp3) is 0.250. The zero-order chi connectivity index (χ0) is 13.1. The molecule has 0 amide bonds. The van der Waals surface area contributed by atoms with Crippen LogP contribution in [0, 0.1) is 11.6 Å². The number of rotatable bonds is 4. The van der Waals surface area contributed by atoms with Crippen LogP contribution in [-0.4, -0.2) is 9.55 Å². The van der Waals surface area contributed by atoms with Crippen LogP contribution in [0.1, 0.15) is 13.3 Å². The third-order valence-corrected chi connectivity index (χ3v) is 3.04. The van der Waals surface area contributed by atoms with Crippen molar-refractivity contribution in [3.8, 4) is 0 Å². The molecule has 0 unspecified atom stereocenters. The van der Waals surface area contributed by atoms with Gasteiger partial charge in [0.2, 0.25) is 5.95 Å². The second-order valence-corrected chi connectivity index (χ2v) is 4.67. The Morgan fingerprint density at radius 2 is 2.11 bits per heavy atom. The zero-order valence-electron chi connectivity index (χ0n) is 9.75. The number of hydrogen-bond donors (Lipinski definition) is 1. The molecule has 2 rings (SSSR count). The lowest BCUT2D eigenvalue weighted by atomic mass is 10.3. The number of imidazole rings is 1. The van der Waals surface area contributed by atoms with Crippen molar-refractivity contribution in [2.75, 3.05) is 5.32 Å². The summed E-state index contributed by atoms with van der Waals surface area (Å²) in [5.41, 5.74) is 0.187. The molecule has 1 aromatic carbocycles. The number of anilines is 2. The molecule has 0 spiro atoms. The van der Waals surface area contributed by atoms with Crippen LogP contribution < -0.4 is 5.32 Å². The fourth-order valence-corrected chi connectivity index (χ4v) is 1.94. The number of nitrogens with one attached hydrogen (secondary N) is 1. The van der Waals surface area contributed by atoms with Crippen LogP contribution in [0.3, 0.4) is 0 Å². The summed E-state index contributed by atoms with van der Waals surface area (Å²) in [6.07, 6.45) is 4.39. The minimum absolute atomic E-state index is 0.187. The summed E-state index contributed by atoms with van der Waals surface area (Å²) in [5.74, 6) is -0.744. The molecular weight excluding hydrogens is 304 g/mol. The first-order valence-electron chi connectivity index (χ1n) is 5.54. The van der Waals surface area contributed by atoms with Crippen LogP contribution >= 0.6 is 15.9 Å². The minimum atomic E-state index is -0.651. The molecule has 1 N–H and O–H groups in total. The molecule has 0 aliphatic heterocycles. The van der Waals surface area contributed by atoms with Gasteiger partial charge < -0.3 is 9.88 Å². The predicted molar refractivity (Wildman–Crippen MR) is 69.9 cm³/mol. The van der Waals surface area contributed by atoms with Crippen molar-refractivity contribution >= 4 is 27.6 Å². The average molecular weight is 316 g/mol. The van der Waals surface area contributed by atoms with Gasteiger partial charge in [0.25, 0.3) is 0 Å². The van der Waals surface area contributed by atoms with E-state index in [2.05, 4.69) is 26.2 Å². The number of aromatic nitrogens is 2. The molecule has 2 aromatic rings. The smallest absolute Gasteiger partial charge is 0.207 e. The molecule has 96 valence electrons. The Balaban J connectivity index is 2.28. The summed E-state index contributed by atoms with van der Waals surface area (Å²) in [5, 5.41) is 2.85. The van der Waals surface area contributed by atoms with Crippen molar-refractivity contribution in [3.63, 3.8) is 0 Å². The highest BCUT2D eigenvalue weighted by atomic mass is 79.9. The molecule has 0 atom stereocenters. The van der Waals surface area contributed by atoms with Gasteiger partial charge >= 0.3 is 0 Å². The van der Waals surface area contributed by atoms with E-state index in [1.165, 1.54) is 6.07 Å². The average Bonchev–Trinajstić information content (AvgIpc) is 2.74. The first-order chi connectivity index (χ1) is 8.61. The second-order valence-electron chi connectivity index (χ2n) is 3.82. The van der Waals surface area contributed by atoms with E-state index in [-0.39, 0.29) is 10.2 Å². The fourth-order valence-electron chi connectivity index (χ4n) is 1.59. The summed E-state index contributed by atoms with van der Waals surface area (Å²) < 4.78 is 28.8. The molecule has 0 bridgehead atoms. The topological polar surface area (TPSA) is 29.9 Å². The van der Waals surface area contributed by atoms with Crippen molar-refractivity contribution < 1.29 is 8.78 Å². The Kier molecular flexibility index (Phi) is 3.96. The van der Waals surface area contributed by atoms with Gasteiger partial charge in [0, 0.05) is 25.0 Å². The lowest BCUT2D eigenvalue weighted by molar-refractivity contribution is 0.581. The number of halogens is 3. The van der Waals surface area contributed by atoms with E-state index in [9.17, 15) is 8.78 Å². The van der Waals surface area contributed by atoms with Crippen LogP contribution in [0.15, 0.2) is 29.0 Å². The number of hydrogen-bond acceptors (Lipinski definition) is 2. The number of nitrogens with zero attached hydrogens (tertiary/aromatic N) is 2. The third-order valence-electron chi connectivity index (χ3n) is 2.44. The Morgan fingerprint density at radius 3 is 2.83 bits per heavy atom. The zero-order valence-corrected chi connectivity index (χ0v) is 11.3. The molecule has 3 nitrogen and oxygen atoms in total. The molecule has 1 aromatic heterocycles. The lowest BCUT2D eigenvalue weighted by Crippen LogP contribution is -2.04. The van der Waals surface area contributed by atoms with Gasteiger partial charge in [-0.1, -0.05) is 6.92 Å². The lowest BCUT2D eigenvalue weighted by Gasteiger charge is -2.10. The molecule has 0 saturated carbocycles. The van der Waals surface area contributed by atoms with Gasteiger partial charge in [-0.15, -0.1) is 0 Å². The standard InChI is InChI=1S/C12H12BrF2N3/c1-2-4-18-5-3-16-12(18)17-11-6-8(13)9(14)7-10(11)15/h3,5-7H,2,4H2,1H3,(H,16,17). The van der Waals surface area contributed by atoms with Crippen LogP contribution in [-0.2, 0) is 6.54 Å². The molecule has 18 heavy (non-hydrogen) atoms. The monoisotopic (exact) mass is 315 g/mol. The molecule has 0 saturated heterocycles. The van der Waals surface area contributed by atoms with Crippen molar-refractivity contribution in [1.29, 1.82) is 0 Å². The normalized spacial score (nSPS) is 10.7. The summed E-state index contributed by atoms with van der Waals surface area (Å²) in [4.78, 5) is 4.10. The van der Waals surface area contributed by atoms with Gasteiger partial charge in [-0.05, 0) is 28.4 Å². The molecular formula is C12H12BrF2N3. The Bertz CT molecular complexity index is 554. The van der Waals surface area contributed by atoms with Gasteiger partial charge in [0.15, 0.2) is 0 Å². The van der Waals surface area contributed by atoms with Crippen molar-refractivity contribution in [1.82, 2.24) is 9.55 Å². The molecule has 0 aliphatic rings. The highest BCUT2D eigenvalue weighted by molar-refractivity contribution is 9.10. The Hall–Kier alpha value is -1.43. The third kappa shape index (κ3) is 2.69. The molecule has 1 heterocycles. The SMILES string of the molecule is CCCn1ccnc1Nc1cc(Br)c(F)cc1F. The molecule has 0 radical (unpaired) electrons. The van der Waals surface area contributed by atoms with Gasteiger partial charge in [-0.25, -0.2) is 13.8 Å². The van der Waals surface area contributed by atoms with Crippen LogP contribution in [0.4, 0.5) is 20.4 Å². The maximum absolute atomic E-state index is 13.6. The Morgan fingerprint density at radius 1 is 1.33 bits per heavy atom. The predicted octanol–water partition coefficient (Wildman–Crippen LogP) is 4.08. The highest BCUT2D eigenvalue weighted by Gasteiger charge is 2.10. The minimum Gasteiger partial charge on any atom is -0.323 e. The van der Waals surface area contributed by atoms with Crippen LogP contribution in [0.25, 0.3) is 0 Å². The van der Waals surface area contributed by atoms with Gasteiger partial charge in [-0.3, -0.25) is 0 Å². The van der Waals surface area contributed by atoms with Gasteiger partial charge in [0.1, 0.15) is 11.6 Å². The van der Waals surface area contributed by atoms with E-state index in [1.807, 2.05) is 17.7 Å². The number of benzene rings is 1. The summed E-state index contributed by atoms with van der Waals surface area (Å²) in [6, 6.07) is 2.19. The van der Waals surface area contributed by atoms with Crippen molar-refractivity contribution in [2.24, 2.45) is 0 Å². The number of aryl methyl sites for hydroxylation is 1. The summed E-state index contributed by atoms with van der Waals surface area (Å²) >= 11 is 3.02. The van der Waals surface area contributed by atoms with E-state index in [4.69, 9.17) is 0 Å². The first-order valence-corrected chi connectivity index (χ1v) is 6.33. The molecule has 6 heteroatoms. The quantitative estimate of drug-likeness (QED) is 0.862. The van der Waals surface area contributed by atoms with Crippen LogP contribution in [0.5, 0.6) is 0 Å². The van der Waals surface area contributed by atoms with E-state index in [0.717, 1.165) is 19.0 Å². The molecule has 0 fully saturated rings. The van der Waals surface area contributed by atoms with E-state index >= 15 is 0 Å². The Labute approximate surface area is 112 Å². The van der Waals surface area contributed by atoms with E-state index in [0.29, 0.717) is 5.95 Å². The van der Waals surface area contributed by atoms with Crippen LogP contribution in [0.2, 0.25) is 0 Å². The molecule has 0 aliphatic carbocycles. The van der Waals surface area contributed by atoms with E-state index in [1.54, 1.807) is 6.20 Å². The van der Waals surface area contributed by atoms with E-state index < -0.39 is 11.6 Å². The van der Waals surface area contributed by atoms with Gasteiger partial charge in [0.05, 0.1) is 10.2 Å². The summed E-state index contributed by atoms with van der Waals surface area (Å²) in [7, 11) is 0. The highest BCUT2D eigenvalue weighted by Crippen LogP contribution is 2.25. The van der Waals surface area contributed by atoms with Crippen molar-refractivity contribution in [2.45, 2.75) is 19.9 Å². The first kappa shape index (κ1) is 13.0. The maximum atomic E-state index is 13.6. The van der Waals surface area contributed by atoms with Gasteiger partial charge in [-0.2, -0.15) is 0 Å². The summed E-state index contributed by atoms with van der Waals surface area (Å²) in [6.45, 7) is 2.82.